The molecule has 2 aromatic heterocycles. The summed E-state index contributed by atoms with van der Waals surface area (Å²) in [5, 5.41) is 8.78. The first-order chi connectivity index (χ1) is 13.7. The van der Waals surface area contributed by atoms with E-state index in [9.17, 15) is 4.79 Å². The van der Waals surface area contributed by atoms with Crippen LogP contribution in [0, 0.1) is 0 Å². The van der Waals surface area contributed by atoms with Crippen LogP contribution >= 0.6 is 11.6 Å². The quantitative estimate of drug-likeness (QED) is 0.662. The summed E-state index contributed by atoms with van der Waals surface area (Å²) in [4.78, 5) is 21.0. The van der Waals surface area contributed by atoms with E-state index >= 15 is 0 Å². The zero-order valence-electron chi connectivity index (χ0n) is 15.4. The highest BCUT2D eigenvalue weighted by atomic mass is 35.5. The molecule has 0 bridgehead atoms. The number of rotatable bonds is 5. The van der Waals surface area contributed by atoms with Crippen LogP contribution < -0.4 is 0 Å². The Morgan fingerprint density at radius 3 is 2.43 bits per heavy atom. The molecule has 0 spiro atoms. The summed E-state index contributed by atoms with van der Waals surface area (Å²) in [5.74, 6) is -0.0750. The molecule has 0 aliphatic carbocycles. The van der Waals surface area contributed by atoms with Gasteiger partial charge in [0.1, 0.15) is 0 Å². The van der Waals surface area contributed by atoms with E-state index in [-0.39, 0.29) is 5.91 Å². The number of pyridine rings is 1. The van der Waals surface area contributed by atoms with Gasteiger partial charge in [0.05, 0.1) is 11.9 Å². The third kappa shape index (κ3) is 4.37. The van der Waals surface area contributed by atoms with Crippen molar-refractivity contribution in [3.05, 3.63) is 71.3 Å². The lowest BCUT2D eigenvalue weighted by Crippen LogP contribution is -2.49. The maximum Gasteiger partial charge on any atom is 0.276 e. The molecular weight excluding hydrogens is 376 g/mol. The predicted molar refractivity (Wildman–Crippen MR) is 107 cm³/mol. The van der Waals surface area contributed by atoms with Gasteiger partial charge in [-0.2, -0.15) is 0 Å². The number of hydrogen-bond donors (Lipinski definition) is 0. The molecule has 3 heterocycles. The number of carbonyl (C=O) groups is 1. The molecule has 0 unspecified atom stereocenters. The number of amides is 1. The Morgan fingerprint density at radius 2 is 1.71 bits per heavy atom. The summed E-state index contributed by atoms with van der Waals surface area (Å²) in [6, 6.07) is 11.3. The van der Waals surface area contributed by atoms with Crippen molar-refractivity contribution >= 4 is 17.5 Å². The molecule has 7 nitrogen and oxygen atoms in total. The fraction of sp³-hybridized carbons (Fsp3) is 0.300. The Balaban J connectivity index is 1.31. The average molecular weight is 397 g/mol. The van der Waals surface area contributed by atoms with Crippen LogP contribution in [0.15, 0.2) is 55.0 Å². The second-order valence-electron chi connectivity index (χ2n) is 6.76. The second kappa shape index (κ2) is 8.50. The van der Waals surface area contributed by atoms with Crippen LogP contribution in [0.3, 0.4) is 0 Å². The van der Waals surface area contributed by atoms with Gasteiger partial charge in [0, 0.05) is 50.1 Å². The molecule has 0 saturated carbocycles. The SMILES string of the molecule is O=C(c1cn(-c2ccc(Cl)cc2)nn1)N1CCN(CCc2ccncc2)CC1. The molecule has 8 heteroatoms. The lowest BCUT2D eigenvalue weighted by atomic mass is 10.2. The van der Waals surface area contributed by atoms with Crippen molar-refractivity contribution in [1.29, 1.82) is 0 Å². The van der Waals surface area contributed by atoms with Gasteiger partial charge in [-0.3, -0.25) is 14.7 Å². The molecule has 3 aromatic rings. The zero-order chi connectivity index (χ0) is 19.3. The maximum atomic E-state index is 12.7. The number of halogens is 1. The number of carbonyl (C=O) groups excluding carboxylic acids is 1. The first-order valence-electron chi connectivity index (χ1n) is 9.28. The van der Waals surface area contributed by atoms with E-state index in [0.717, 1.165) is 31.7 Å². The molecule has 1 fully saturated rings. The van der Waals surface area contributed by atoms with E-state index < -0.39 is 0 Å². The van der Waals surface area contributed by atoms with Gasteiger partial charge in [0.2, 0.25) is 0 Å². The smallest absolute Gasteiger partial charge is 0.276 e. The Morgan fingerprint density at radius 1 is 1.00 bits per heavy atom. The summed E-state index contributed by atoms with van der Waals surface area (Å²) in [6.07, 6.45) is 6.31. The minimum atomic E-state index is -0.0750. The monoisotopic (exact) mass is 396 g/mol. The minimum absolute atomic E-state index is 0.0750. The first-order valence-corrected chi connectivity index (χ1v) is 9.66. The van der Waals surface area contributed by atoms with Crippen molar-refractivity contribution in [2.45, 2.75) is 6.42 Å². The van der Waals surface area contributed by atoms with Crippen molar-refractivity contribution < 1.29 is 4.79 Å². The molecular formula is C20H21ClN6O. The lowest BCUT2D eigenvalue weighted by Gasteiger charge is -2.34. The molecule has 144 valence electrons. The van der Waals surface area contributed by atoms with Gasteiger partial charge >= 0.3 is 0 Å². The Kier molecular flexibility index (Phi) is 5.64. The fourth-order valence-electron chi connectivity index (χ4n) is 3.26. The van der Waals surface area contributed by atoms with Gasteiger partial charge in [0.25, 0.3) is 5.91 Å². The van der Waals surface area contributed by atoms with E-state index in [1.807, 2.05) is 41.6 Å². The highest BCUT2D eigenvalue weighted by molar-refractivity contribution is 6.30. The molecule has 0 N–H and O–H groups in total. The van der Waals surface area contributed by atoms with Crippen LogP contribution in [-0.4, -0.2) is 68.4 Å². The fourth-order valence-corrected chi connectivity index (χ4v) is 3.38. The van der Waals surface area contributed by atoms with Gasteiger partial charge in [-0.15, -0.1) is 5.10 Å². The highest BCUT2D eigenvalue weighted by Gasteiger charge is 2.24. The van der Waals surface area contributed by atoms with E-state index in [0.29, 0.717) is 23.8 Å². The molecule has 1 aromatic carbocycles. The van der Waals surface area contributed by atoms with Crippen LogP contribution in [0.1, 0.15) is 16.1 Å². The maximum absolute atomic E-state index is 12.7. The third-order valence-corrected chi connectivity index (χ3v) is 5.18. The van der Waals surface area contributed by atoms with Crippen molar-refractivity contribution in [1.82, 2.24) is 29.8 Å². The van der Waals surface area contributed by atoms with Crippen LogP contribution in [0.25, 0.3) is 5.69 Å². The van der Waals surface area contributed by atoms with Crippen molar-refractivity contribution in [3.63, 3.8) is 0 Å². The second-order valence-corrected chi connectivity index (χ2v) is 7.20. The largest absolute Gasteiger partial charge is 0.335 e. The topological polar surface area (TPSA) is 67.2 Å². The molecule has 4 rings (SSSR count). The summed E-state index contributed by atoms with van der Waals surface area (Å²) in [7, 11) is 0. The molecule has 1 aliphatic heterocycles. The number of piperazine rings is 1. The minimum Gasteiger partial charge on any atom is -0.335 e. The Labute approximate surface area is 168 Å². The number of hydrogen-bond acceptors (Lipinski definition) is 5. The van der Waals surface area contributed by atoms with Gasteiger partial charge in [-0.05, 0) is 48.4 Å². The summed E-state index contributed by atoms with van der Waals surface area (Å²) in [6.45, 7) is 4.11. The predicted octanol–water partition coefficient (Wildman–Crippen LogP) is 2.32. The summed E-state index contributed by atoms with van der Waals surface area (Å²) < 4.78 is 1.59. The third-order valence-electron chi connectivity index (χ3n) is 4.93. The van der Waals surface area contributed by atoms with Crippen LogP contribution in [0.2, 0.25) is 5.02 Å². The molecule has 0 atom stereocenters. The first kappa shape index (κ1) is 18.6. The molecule has 28 heavy (non-hydrogen) atoms. The molecule has 0 radical (unpaired) electrons. The average Bonchev–Trinajstić information content (AvgIpc) is 3.24. The van der Waals surface area contributed by atoms with Gasteiger partial charge < -0.3 is 4.90 Å². The van der Waals surface area contributed by atoms with Crippen molar-refractivity contribution in [3.8, 4) is 5.69 Å². The van der Waals surface area contributed by atoms with Crippen LogP contribution in [-0.2, 0) is 6.42 Å². The van der Waals surface area contributed by atoms with E-state index in [1.165, 1.54) is 5.56 Å². The Hall–Kier alpha value is -2.77. The van der Waals surface area contributed by atoms with Gasteiger partial charge in [0.15, 0.2) is 5.69 Å². The van der Waals surface area contributed by atoms with E-state index in [1.54, 1.807) is 23.0 Å². The number of benzene rings is 1. The van der Waals surface area contributed by atoms with Crippen LogP contribution in [0.5, 0.6) is 0 Å². The molecule has 1 amide bonds. The number of nitrogens with zero attached hydrogens (tertiary/aromatic N) is 6. The summed E-state index contributed by atoms with van der Waals surface area (Å²) >= 11 is 5.91. The Bertz CT molecular complexity index is 919. The summed E-state index contributed by atoms with van der Waals surface area (Å²) in [5.41, 5.74) is 2.46. The normalized spacial score (nSPS) is 15.0. The van der Waals surface area contributed by atoms with Crippen molar-refractivity contribution in [2.24, 2.45) is 0 Å². The lowest BCUT2D eigenvalue weighted by molar-refractivity contribution is 0.0632. The van der Waals surface area contributed by atoms with E-state index in [2.05, 4.69) is 20.2 Å². The van der Waals surface area contributed by atoms with Gasteiger partial charge in [-0.1, -0.05) is 16.8 Å². The molecule has 1 saturated heterocycles. The highest BCUT2D eigenvalue weighted by Crippen LogP contribution is 2.14. The standard InChI is InChI=1S/C20H21ClN6O/c21-17-1-3-18(4-2-17)27-15-19(23-24-27)20(28)26-13-11-25(12-14-26)10-7-16-5-8-22-9-6-16/h1-6,8-9,15H,7,10-14H2. The number of aromatic nitrogens is 4. The van der Waals surface area contributed by atoms with Gasteiger partial charge in [-0.25, -0.2) is 4.68 Å². The zero-order valence-corrected chi connectivity index (χ0v) is 16.2. The van der Waals surface area contributed by atoms with Crippen LogP contribution in [0.4, 0.5) is 0 Å². The van der Waals surface area contributed by atoms with E-state index in [4.69, 9.17) is 11.6 Å². The molecule has 1 aliphatic rings. The van der Waals surface area contributed by atoms with Crippen molar-refractivity contribution in [2.75, 3.05) is 32.7 Å².